The molecular weight excluding hydrogens is 268 g/mol. The molecule has 0 saturated carbocycles. The molecule has 2 atom stereocenters. The molecule has 2 fully saturated rings. The predicted molar refractivity (Wildman–Crippen MR) is 68.7 cm³/mol. The highest BCUT2D eigenvalue weighted by Gasteiger charge is 2.31. The Morgan fingerprint density at radius 3 is 2.56 bits per heavy atom. The summed E-state index contributed by atoms with van der Waals surface area (Å²) >= 11 is 3.56. The SMILES string of the molecule is CN1CCC(C(=O)C2CCCC(Br)N2)CC1. The molecule has 2 aliphatic rings. The van der Waals surface area contributed by atoms with E-state index in [-0.39, 0.29) is 6.04 Å². The van der Waals surface area contributed by atoms with Gasteiger partial charge in [-0.3, -0.25) is 10.1 Å². The molecule has 2 aliphatic heterocycles. The van der Waals surface area contributed by atoms with Crippen molar-refractivity contribution in [3.8, 4) is 0 Å². The molecule has 0 aliphatic carbocycles. The molecule has 4 heteroatoms. The van der Waals surface area contributed by atoms with Crippen molar-refractivity contribution in [3.63, 3.8) is 0 Å². The molecule has 0 aromatic heterocycles. The minimum atomic E-state index is 0.103. The summed E-state index contributed by atoms with van der Waals surface area (Å²) in [7, 11) is 2.13. The molecule has 2 rings (SSSR count). The van der Waals surface area contributed by atoms with E-state index in [0.717, 1.165) is 45.2 Å². The highest BCUT2D eigenvalue weighted by Crippen LogP contribution is 2.23. The lowest BCUT2D eigenvalue weighted by Gasteiger charge is -2.33. The van der Waals surface area contributed by atoms with Crippen molar-refractivity contribution in [3.05, 3.63) is 0 Å². The maximum absolute atomic E-state index is 12.3. The summed E-state index contributed by atoms with van der Waals surface area (Å²) in [6.07, 6.45) is 5.40. The van der Waals surface area contributed by atoms with Crippen molar-refractivity contribution >= 4 is 21.7 Å². The number of halogens is 1. The Labute approximate surface area is 106 Å². The van der Waals surface area contributed by atoms with Gasteiger partial charge in [-0.15, -0.1) is 0 Å². The standard InChI is InChI=1S/C12H21BrN2O/c1-15-7-5-9(6-8-15)12(16)10-3-2-4-11(13)14-10/h9-11,14H,2-8H2,1H3. The topological polar surface area (TPSA) is 32.3 Å². The molecule has 1 N–H and O–H groups in total. The largest absolute Gasteiger partial charge is 0.306 e. The van der Waals surface area contributed by atoms with E-state index >= 15 is 0 Å². The third kappa shape index (κ3) is 3.05. The van der Waals surface area contributed by atoms with Gasteiger partial charge in [-0.1, -0.05) is 15.9 Å². The van der Waals surface area contributed by atoms with Gasteiger partial charge in [0.15, 0.2) is 5.78 Å². The molecule has 92 valence electrons. The van der Waals surface area contributed by atoms with E-state index in [2.05, 4.69) is 33.2 Å². The van der Waals surface area contributed by atoms with Gasteiger partial charge in [-0.05, 0) is 52.2 Å². The van der Waals surface area contributed by atoms with Crippen molar-refractivity contribution in [1.29, 1.82) is 0 Å². The first kappa shape index (κ1) is 12.5. The Hall–Kier alpha value is 0.0700. The quantitative estimate of drug-likeness (QED) is 0.621. The Morgan fingerprint density at radius 2 is 1.94 bits per heavy atom. The van der Waals surface area contributed by atoms with Crippen molar-refractivity contribution < 1.29 is 4.79 Å². The first-order valence-corrected chi connectivity index (χ1v) is 7.21. The van der Waals surface area contributed by atoms with E-state index in [1.54, 1.807) is 0 Å². The van der Waals surface area contributed by atoms with Crippen LogP contribution in [0.25, 0.3) is 0 Å². The smallest absolute Gasteiger partial charge is 0.152 e. The number of alkyl halides is 1. The molecule has 16 heavy (non-hydrogen) atoms. The first-order valence-electron chi connectivity index (χ1n) is 6.29. The fourth-order valence-electron chi connectivity index (χ4n) is 2.69. The van der Waals surface area contributed by atoms with E-state index in [1.807, 2.05) is 0 Å². The fraction of sp³-hybridized carbons (Fsp3) is 0.917. The number of carbonyl (C=O) groups excluding carboxylic acids is 1. The second-order valence-electron chi connectivity index (χ2n) is 5.10. The van der Waals surface area contributed by atoms with Crippen LogP contribution in [-0.4, -0.2) is 41.8 Å². The predicted octanol–water partition coefficient (Wildman–Crippen LogP) is 1.76. The summed E-state index contributed by atoms with van der Waals surface area (Å²) in [5.41, 5.74) is 0. The number of rotatable bonds is 2. The second-order valence-corrected chi connectivity index (χ2v) is 6.20. The number of hydrogen-bond donors (Lipinski definition) is 1. The second kappa shape index (κ2) is 5.61. The number of nitrogens with one attached hydrogen (secondary N) is 1. The van der Waals surface area contributed by atoms with E-state index in [0.29, 0.717) is 16.7 Å². The lowest BCUT2D eigenvalue weighted by Crippen LogP contribution is -2.48. The van der Waals surface area contributed by atoms with Crippen molar-refractivity contribution in [1.82, 2.24) is 10.2 Å². The highest BCUT2D eigenvalue weighted by atomic mass is 79.9. The number of nitrogens with zero attached hydrogens (tertiary/aromatic N) is 1. The summed E-state index contributed by atoms with van der Waals surface area (Å²) < 4.78 is 0. The van der Waals surface area contributed by atoms with Crippen LogP contribution < -0.4 is 5.32 Å². The summed E-state index contributed by atoms with van der Waals surface area (Å²) in [5, 5.41) is 3.38. The zero-order valence-corrected chi connectivity index (χ0v) is 11.5. The van der Waals surface area contributed by atoms with Crippen molar-refractivity contribution in [2.45, 2.75) is 43.1 Å². The summed E-state index contributed by atoms with van der Waals surface area (Å²) in [6.45, 7) is 2.14. The minimum Gasteiger partial charge on any atom is -0.306 e. The lowest BCUT2D eigenvalue weighted by molar-refractivity contribution is -0.126. The number of Topliss-reactive ketones (excluding diaryl/α,β-unsaturated/α-hetero) is 1. The third-order valence-electron chi connectivity index (χ3n) is 3.80. The number of carbonyl (C=O) groups is 1. The van der Waals surface area contributed by atoms with Crippen molar-refractivity contribution in [2.75, 3.05) is 20.1 Å². The maximum Gasteiger partial charge on any atom is 0.152 e. The number of hydrogen-bond acceptors (Lipinski definition) is 3. The maximum atomic E-state index is 12.3. The van der Waals surface area contributed by atoms with Crippen LogP contribution in [0.15, 0.2) is 0 Å². The van der Waals surface area contributed by atoms with Gasteiger partial charge in [0.25, 0.3) is 0 Å². The molecule has 0 aromatic rings. The minimum absolute atomic E-state index is 0.103. The number of piperidine rings is 2. The molecule has 0 spiro atoms. The Bertz CT molecular complexity index is 251. The number of likely N-dealkylation sites (tertiary alicyclic amines) is 1. The average Bonchev–Trinajstić information content (AvgIpc) is 2.29. The monoisotopic (exact) mass is 288 g/mol. The van der Waals surface area contributed by atoms with Crippen LogP contribution >= 0.6 is 15.9 Å². The van der Waals surface area contributed by atoms with Gasteiger partial charge in [0.1, 0.15) is 0 Å². The average molecular weight is 289 g/mol. The summed E-state index contributed by atoms with van der Waals surface area (Å²) in [6, 6.07) is 0.103. The van der Waals surface area contributed by atoms with Gasteiger partial charge in [0, 0.05) is 5.92 Å². The van der Waals surface area contributed by atoms with Crippen LogP contribution in [0.2, 0.25) is 0 Å². The Kier molecular flexibility index (Phi) is 4.39. The van der Waals surface area contributed by atoms with Gasteiger partial charge in [-0.2, -0.15) is 0 Å². The van der Waals surface area contributed by atoms with E-state index < -0.39 is 0 Å². The molecule has 2 heterocycles. The van der Waals surface area contributed by atoms with E-state index in [9.17, 15) is 4.79 Å². The van der Waals surface area contributed by atoms with E-state index in [1.165, 1.54) is 0 Å². The Balaban J connectivity index is 1.86. The lowest BCUT2D eigenvalue weighted by atomic mass is 9.86. The fourth-order valence-corrected chi connectivity index (χ4v) is 3.33. The molecule has 2 saturated heterocycles. The van der Waals surface area contributed by atoms with Gasteiger partial charge in [0.05, 0.1) is 11.0 Å². The highest BCUT2D eigenvalue weighted by molar-refractivity contribution is 9.09. The Morgan fingerprint density at radius 1 is 1.25 bits per heavy atom. The summed E-state index contributed by atoms with van der Waals surface area (Å²) in [5.74, 6) is 0.753. The van der Waals surface area contributed by atoms with Gasteiger partial charge < -0.3 is 4.90 Å². The van der Waals surface area contributed by atoms with Crippen LogP contribution in [0.1, 0.15) is 32.1 Å². The van der Waals surface area contributed by atoms with Crippen LogP contribution in [0.3, 0.4) is 0 Å². The molecule has 0 radical (unpaired) electrons. The first-order chi connectivity index (χ1) is 7.66. The van der Waals surface area contributed by atoms with Crippen LogP contribution in [0.4, 0.5) is 0 Å². The van der Waals surface area contributed by atoms with Gasteiger partial charge >= 0.3 is 0 Å². The van der Waals surface area contributed by atoms with Gasteiger partial charge in [-0.25, -0.2) is 0 Å². The molecule has 3 nitrogen and oxygen atoms in total. The molecule has 0 bridgehead atoms. The normalized spacial score (nSPS) is 33.9. The van der Waals surface area contributed by atoms with Crippen LogP contribution in [-0.2, 0) is 4.79 Å². The molecule has 0 amide bonds. The molecule has 0 aromatic carbocycles. The van der Waals surface area contributed by atoms with Crippen LogP contribution in [0, 0.1) is 5.92 Å². The van der Waals surface area contributed by atoms with E-state index in [4.69, 9.17) is 0 Å². The van der Waals surface area contributed by atoms with Crippen molar-refractivity contribution in [2.24, 2.45) is 5.92 Å². The van der Waals surface area contributed by atoms with Gasteiger partial charge in [0.2, 0.25) is 0 Å². The molecule has 2 unspecified atom stereocenters. The summed E-state index contributed by atoms with van der Waals surface area (Å²) in [4.78, 5) is 14.9. The third-order valence-corrected chi connectivity index (χ3v) is 4.52. The molecular formula is C12H21BrN2O. The number of ketones is 1. The van der Waals surface area contributed by atoms with Crippen LogP contribution in [0.5, 0.6) is 0 Å². The zero-order valence-electron chi connectivity index (χ0n) is 9.92. The zero-order chi connectivity index (χ0) is 11.5.